The summed E-state index contributed by atoms with van der Waals surface area (Å²) < 4.78 is 0. The van der Waals surface area contributed by atoms with Crippen molar-refractivity contribution in [2.75, 3.05) is 0 Å². The van der Waals surface area contributed by atoms with Gasteiger partial charge in [0.05, 0.1) is 0 Å². The van der Waals surface area contributed by atoms with E-state index in [1.165, 1.54) is 43.1 Å². The summed E-state index contributed by atoms with van der Waals surface area (Å²) in [5.74, 6) is 1.94. The van der Waals surface area contributed by atoms with Gasteiger partial charge in [-0.05, 0) is 89.3 Å². The summed E-state index contributed by atoms with van der Waals surface area (Å²) >= 11 is 0. The maximum absolute atomic E-state index is 5.24. The first-order valence-electron chi connectivity index (χ1n) is 16.9. The zero-order valence-electron chi connectivity index (χ0n) is 27.1. The first kappa shape index (κ1) is 28.3. The van der Waals surface area contributed by atoms with Gasteiger partial charge in [0.15, 0.2) is 17.5 Å². The zero-order valence-corrected chi connectivity index (χ0v) is 27.1. The molecule has 232 valence electrons. The molecule has 0 aliphatic heterocycles. The zero-order chi connectivity index (χ0) is 33.0. The van der Waals surface area contributed by atoms with Crippen LogP contribution < -0.4 is 0 Å². The Hall–Kier alpha value is -6.71. The summed E-state index contributed by atoms with van der Waals surface area (Å²) in [5, 5.41) is 12.1. The molecule has 50 heavy (non-hydrogen) atoms. The van der Waals surface area contributed by atoms with E-state index < -0.39 is 0 Å². The number of aromatic nitrogens is 3. The summed E-state index contributed by atoms with van der Waals surface area (Å²) in [6.45, 7) is 0. The minimum atomic E-state index is 0.645. The van der Waals surface area contributed by atoms with Gasteiger partial charge in [0.25, 0.3) is 0 Å². The van der Waals surface area contributed by atoms with Crippen molar-refractivity contribution >= 4 is 53.9 Å². The molecule has 0 aliphatic rings. The van der Waals surface area contributed by atoms with Gasteiger partial charge in [-0.1, -0.05) is 152 Å². The van der Waals surface area contributed by atoms with Crippen LogP contribution in [0.4, 0.5) is 0 Å². The van der Waals surface area contributed by atoms with Crippen LogP contribution in [0.5, 0.6) is 0 Å². The first-order valence-corrected chi connectivity index (χ1v) is 16.9. The highest BCUT2D eigenvalue weighted by molar-refractivity contribution is 6.10. The molecule has 0 spiro atoms. The van der Waals surface area contributed by atoms with Gasteiger partial charge in [0.1, 0.15) is 0 Å². The SMILES string of the molecule is c1ccc(-c2nc(-c3ccc4c(ccc5ccccc54)c3)nc(-c3cc4ccccc4cc3-c3ccc4c(ccc5ccccc54)c3)n2)cc1. The van der Waals surface area contributed by atoms with Gasteiger partial charge in [-0.2, -0.15) is 0 Å². The third kappa shape index (κ3) is 4.79. The van der Waals surface area contributed by atoms with E-state index in [2.05, 4.69) is 158 Å². The van der Waals surface area contributed by atoms with Crippen molar-refractivity contribution in [3.8, 4) is 45.3 Å². The summed E-state index contributed by atoms with van der Waals surface area (Å²) in [6, 6.07) is 62.4. The molecule has 0 amide bonds. The summed E-state index contributed by atoms with van der Waals surface area (Å²) in [7, 11) is 0. The van der Waals surface area contributed by atoms with Crippen LogP contribution in [0.3, 0.4) is 0 Å². The average molecular weight is 636 g/mol. The van der Waals surface area contributed by atoms with Gasteiger partial charge < -0.3 is 0 Å². The lowest BCUT2D eigenvalue weighted by atomic mass is 9.92. The van der Waals surface area contributed by atoms with Crippen LogP contribution in [0.1, 0.15) is 0 Å². The van der Waals surface area contributed by atoms with E-state index in [-0.39, 0.29) is 0 Å². The maximum Gasteiger partial charge on any atom is 0.164 e. The molecule has 1 heterocycles. The van der Waals surface area contributed by atoms with E-state index >= 15 is 0 Å². The molecule has 0 N–H and O–H groups in total. The van der Waals surface area contributed by atoms with E-state index in [0.717, 1.165) is 38.6 Å². The van der Waals surface area contributed by atoms with Gasteiger partial charge in [-0.3, -0.25) is 0 Å². The minimum absolute atomic E-state index is 0.645. The van der Waals surface area contributed by atoms with Gasteiger partial charge in [-0.25, -0.2) is 15.0 Å². The number of hydrogen-bond donors (Lipinski definition) is 0. The molecule has 3 nitrogen and oxygen atoms in total. The van der Waals surface area contributed by atoms with Crippen LogP contribution in [-0.2, 0) is 0 Å². The Balaban J connectivity index is 1.21. The highest BCUT2D eigenvalue weighted by atomic mass is 15.0. The Morgan fingerprint density at radius 3 is 1.32 bits per heavy atom. The molecule has 9 aromatic carbocycles. The van der Waals surface area contributed by atoms with Crippen LogP contribution in [0.2, 0.25) is 0 Å². The van der Waals surface area contributed by atoms with Crippen molar-refractivity contribution in [1.82, 2.24) is 15.0 Å². The average Bonchev–Trinajstić information content (AvgIpc) is 3.20. The Morgan fingerprint density at radius 2 is 0.680 bits per heavy atom. The van der Waals surface area contributed by atoms with Crippen LogP contribution in [0.15, 0.2) is 176 Å². The Bertz CT molecular complexity index is 2930. The molecule has 0 bridgehead atoms. The first-order chi connectivity index (χ1) is 24.7. The molecule has 10 aromatic rings. The van der Waals surface area contributed by atoms with E-state index in [1.54, 1.807) is 0 Å². The number of rotatable bonds is 4. The van der Waals surface area contributed by atoms with E-state index in [0.29, 0.717) is 17.5 Å². The Labute approximate surface area is 289 Å². The lowest BCUT2D eigenvalue weighted by Crippen LogP contribution is -2.01. The highest BCUT2D eigenvalue weighted by Crippen LogP contribution is 2.38. The number of hydrogen-bond acceptors (Lipinski definition) is 3. The second-order valence-electron chi connectivity index (χ2n) is 12.9. The molecule has 0 aliphatic carbocycles. The predicted molar refractivity (Wildman–Crippen MR) is 209 cm³/mol. The van der Waals surface area contributed by atoms with E-state index in [9.17, 15) is 0 Å². The van der Waals surface area contributed by atoms with Gasteiger partial charge in [0, 0.05) is 16.7 Å². The minimum Gasteiger partial charge on any atom is -0.208 e. The summed E-state index contributed by atoms with van der Waals surface area (Å²) in [5.41, 5.74) is 5.07. The fraction of sp³-hybridized carbons (Fsp3) is 0. The van der Waals surface area contributed by atoms with Gasteiger partial charge >= 0.3 is 0 Å². The molecule has 0 saturated heterocycles. The van der Waals surface area contributed by atoms with Crippen LogP contribution in [-0.4, -0.2) is 15.0 Å². The standard InChI is InChI=1S/C47H29N3/c1-2-12-32(13-3-1)45-48-46(38-23-25-42-36(27-38)21-19-31-11-7-9-17-40(31)42)50-47(49-45)44-29-34-15-5-4-14-33(34)28-43(44)37-22-24-41-35(26-37)20-18-30-10-6-8-16-39(30)41/h1-29H. The van der Waals surface area contributed by atoms with Crippen molar-refractivity contribution in [2.45, 2.75) is 0 Å². The molecule has 3 heteroatoms. The smallest absolute Gasteiger partial charge is 0.164 e. The summed E-state index contributed by atoms with van der Waals surface area (Å²) in [4.78, 5) is 15.5. The highest BCUT2D eigenvalue weighted by Gasteiger charge is 2.18. The third-order valence-corrected chi connectivity index (χ3v) is 9.85. The molecule has 1 aromatic heterocycles. The van der Waals surface area contributed by atoms with Crippen molar-refractivity contribution in [3.63, 3.8) is 0 Å². The van der Waals surface area contributed by atoms with Gasteiger partial charge in [0.2, 0.25) is 0 Å². The second-order valence-corrected chi connectivity index (χ2v) is 12.9. The second kappa shape index (κ2) is 11.5. The fourth-order valence-corrected chi connectivity index (χ4v) is 7.34. The quantitative estimate of drug-likeness (QED) is 0.181. The van der Waals surface area contributed by atoms with Crippen molar-refractivity contribution < 1.29 is 0 Å². The number of fused-ring (bicyclic) bond motifs is 7. The molecule has 0 fully saturated rings. The largest absolute Gasteiger partial charge is 0.208 e. The van der Waals surface area contributed by atoms with Gasteiger partial charge in [-0.15, -0.1) is 0 Å². The Morgan fingerprint density at radius 1 is 0.240 bits per heavy atom. The molecule has 0 saturated carbocycles. The molecule has 0 unspecified atom stereocenters. The summed E-state index contributed by atoms with van der Waals surface area (Å²) in [6.07, 6.45) is 0. The topological polar surface area (TPSA) is 38.7 Å². The lowest BCUT2D eigenvalue weighted by Gasteiger charge is -2.15. The molecular weight excluding hydrogens is 607 g/mol. The third-order valence-electron chi connectivity index (χ3n) is 9.85. The van der Waals surface area contributed by atoms with Crippen LogP contribution >= 0.6 is 0 Å². The molecule has 0 atom stereocenters. The van der Waals surface area contributed by atoms with Crippen LogP contribution in [0, 0.1) is 0 Å². The number of nitrogens with zero attached hydrogens (tertiary/aromatic N) is 3. The fourth-order valence-electron chi connectivity index (χ4n) is 7.34. The predicted octanol–water partition coefficient (Wildman–Crippen LogP) is 12.3. The van der Waals surface area contributed by atoms with E-state index in [4.69, 9.17) is 15.0 Å². The molecule has 10 rings (SSSR count). The van der Waals surface area contributed by atoms with E-state index in [1.807, 2.05) is 18.2 Å². The Kier molecular flexibility index (Phi) is 6.49. The lowest BCUT2D eigenvalue weighted by molar-refractivity contribution is 1.08. The van der Waals surface area contributed by atoms with Crippen molar-refractivity contribution in [1.29, 1.82) is 0 Å². The maximum atomic E-state index is 5.24. The van der Waals surface area contributed by atoms with Crippen molar-refractivity contribution in [2.24, 2.45) is 0 Å². The van der Waals surface area contributed by atoms with Crippen molar-refractivity contribution in [3.05, 3.63) is 176 Å². The molecule has 0 radical (unpaired) electrons. The normalized spacial score (nSPS) is 11.6. The number of benzene rings is 9. The monoisotopic (exact) mass is 635 g/mol. The molecular formula is C47H29N3. The van der Waals surface area contributed by atoms with Crippen LogP contribution in [0.25, 0.3) is 99.2 Å².